The molecule has 0 spiro atoms. The van der Waals surface area contributed by atoms with E-state index < -0.39 is 8.32 Å². The van der Waals surface area contributed by atoms with Crippen molar-refractivity contribution >= 4 is 36.7 Å². The maximum atomic E-state index is 12.6. The Morgan fingerprint density at radius 1 is 1.07 bits per heavy atom. The summed E-state index contributed by atoms with van der Waals surface area (Å²) in [6, 6.07) is 16.0. The van der Waals surface area contributed by atoms with Crippen molar-refractivity contribution in [2.24, 2.45) is 0 Å². The molecule has 0 unspecified atom stereocenters. The number of halogens is 1. The van der Waals surface area contributed by atoms with Crippen LogP contribution in [0.2, 0.25) is 18.1 Å². The first-order valence-electron chi connectivity index (χ1n) is 9.74. The lowest BCUT2D eigenvalue weighted by Crippen LogP contribution is -2.43. The quantitative estimate of drug-likeness (QED) is 0.247. The molecule has 0 aliphatic heterocycles. The van der Waals surface area contributed by atoms with Gasteiger partial charge in [-0.25, -0.2) is 0 Å². The fourth-order valence-electron chi connectivity index (χ4n) is 2.58. The van der Waals surface area contributed by atoms with E-state index in [1.165, 1.54) is 9.13 Å². The van der Waals surface area contributed by atoms with Gasteiger partial charge in [-0.05, 0) is 90.1 Å². The third-order valence-electron chi connectivity index (χ3n) is 5.49. The van der Waals surface area contributed by atoms with E-state index in [9.17, 15) is 4.79 Å². The molecular formula is C23H32INO2Si. The summed E-state index contributed by atoms with van der Waals surface area (Å²) in [5.74, 6) is 0.999. The van der Waals surface area contributed by atoms with Crippen molar-refractivity contribution in [3.8, 4) is 5.75 Å². The van der Waals surface area contributed by atoms with Crippen molar-refractivity contribution in [3.63, 3.8) is 0 Å². The van der Waals surface area contributed by atoms with Gasteiger partial charge in [0.05, 0.1) is 6.54 Å². The summed E-state index contributed by atoms with van der Waals surface area (Å²) in [6.07, 6.45) is 0.947. The van der Waals surface area contributed by atoms with E-state index in [2.05, 4.69) is 85.6 Å². The van der Waals surface area contributed by atoms with Gasteiger partial charge in [-0.3, -0.25) is 9.69 Å². The van der Waals surface area contributed by atoms with Gasteiger partial charge >= 0.3 is 0 Å². The average molecular weight is 510 g/mol. The third kappa shape index (κ3) is 6.42. The number of Topliss-reactive ketones (excluding diaryl/α,β-unsaturated/α-hetero) is 1. The van der Waals surface area contributed by atoms with Crippen molar-refractivity contribution in [2.75, 3.05) is 20.1 Å². The van der Waals surface area contributed by atoms with Crippen LogP contribution >= 0.6 is 22.6 Å². The number of benzene rings is 2. The summed E-state index contributed by atoms with van der Waals surface area (Å²) in [5, 5.41) is 0.154. The minimum absolute atomic E-state index is 0.143. The topological polar surface area (TPSA) is 29.5 Å². The molecule has 3 nitrogen and oxygen atoms in total. The molecule has 152 valence electrons. The Morgan fingerprint density at radius 2 is 1.68 bits per heavy atom. The predicted octanol–water partition coefficient (Wildman–Crippen LogP) is 6.03. The van der Waals surface area contributed by atoms with E-state index in [1.54, 1.807) is 0 Å². The van der Waals surface area contributed by atoms with Crippen LogP contribution < -0.4 is 4.43 Å². The monoisotopic (exact) mass is 509 g/mol. The Labute approximate surface area is 184 Å². The van der Waals surface area contributed by atoms with Crippen LogP contribution in [0.4, 0.5) is 0 Å². The van der Waals surface area contributed by atoms with Crippen LogP contribution in [0.5, 0.6) is 5.75 Å². The molecule has 28 heavy (non-hydrogen) atoms. The smallest absolute Gasteiger partial charge is 0.250 e. The molecule has 0 saturated carbocycles. The molecule has 2 aromatic rings. The molecule has 0 N–H and O–H groups in total. The highest BCUT2D eigenvalue weighted by molar-refractivity contribution is 14.1. The number of ketones is 1. The van der Waals surface area contributed by atoms with Gasteiger partial charge in [0.1, 0.15) is 5.75 Å². The number of carbonyl (C=O) groups is 1. The van der Waals surface area contributed by atoms with Crippen molar-refractivity contribution in [3.05, 3.63) is 63.2 Å². The first kappa shape index (κ1) is 23.1. The van der Waals surface area contributed by atoms with Gasteiger partial charge in [-0.2, -0.15) is 0 Å². The van der Waals surface area contributed by atoms with E-state index in [0.29, 0.717) is 6.54 Å². The maximum absolute atomic E-state index is 12.6. The Hall–Kier alpha value is -1.18. The number of rotatable bonds is 8. The highest BCUT2D eigenvalue weighted by atomic mass is 127. The Balaban J connectivity index is 1.91. The van der Waals surface area contributed by atoms with Crippen LogP contribution in [0, 0.1) is 3.57 Å². The van der Waals surface area contributed by atoms with E-state index >= 15 is 0 Å². The molecule has 2 rings (SSSR count). The van der Waals surface area contributed by atoms with E-state index in [4.69, 9.17) is 4.43 Å². The summed E-state index contributed by atoms with van der Waals surface area (Å²) in [5.41, 5.74) is 2.07. The normalized spacial score (nSPS) is 12.3. The highest BCUT2D eigenvalue weighted by Crippen LogP contribution is 2.37. The Kier molecular flexibility index (Phi) is 7.87. The molecule has 0 heterocycles. The molecule has 0 saturated heterocycles. The van der Waals surface area contributed by atoms with E-state index in [1.807, 2.05) is 31.3 Å². The molecule has 0 aromatic heterocycles. The fourth-order valence-corrected chi connectivity index (χ4v) is 4.27. The van der Waals surface area contributed by atoms with E-state index in [-0.39, 0.29) is 10.8 Å². The SMILES string of the molecule is CN(CCc1ccccc1I)CC(=O)c1ccc(O[Si](C)(C)C(C)(C)C)cc1. The summed E-state index contributed by atoms with van der Waals surface area (Å²) in [6.45, 7) is 12.4. The number of nitrogens with zero attached hydrogens (tertiary/aromatic N) is 1. The minimum Gasteiger partial charge on any atom is -0.544 e. The first-order chi connectivity index (χ1) is 13.0. The van der Waals surface area contributed by atoms with Gasteiger partial charge in [0, 0.05) is 15.7 Å². The molecule has 0 bridgehead atoms. The van der Waals surface area contributed by atoms with Crippen LogP contribution in [0.15, 0.2) is 48.5 Å². The second kappa shape index (κ2) is 9.54. The Morgan fingerprint density at radius 3 is 2.25 bits per heavy atom. The number of carbonyl (C=O) groups excluding carboxylic acids is 1. The molecule has 2 aromatic carbocycles. The molecule has 5 heteroatoms. The Bertz CT molecular complexity index is 797. The standard InChI is InChI=1S/C23H32INO2Si/c1-23(2,3)28(5,6)27-20-13-11-19(12-14-20)22(26)17-25(4)16-15-18-9-7-8-10-21(18)24/h7-14H,15-17H2,1-6H3. The van der Waals surface area contributed by atoms with Gasteiger partial charge in [0.25, 0.3) is 0 Å². The van der Waals surface area contributed by atoms with Gasteiger partial charge in [-0.1, -0.05) is 39.0 Å². The average Bonchev–Trinajstić information content (AvgIpc) is 2.60. The highest BCUT2D eigenvalue weighted by Gasteiger charge is 2.38. The molecule has 0 amide bonds. The van der Waals surface area contributed by atoms with Crippen molar-refractivity contribution in [1.29, 1.82) is 0 Å². The lowest BCUT2D eigenvalue weighted by molar-refractivity contribution is 0.0947. The van der Waals surface area contributed by atoms with Crippen molar-refractivity contribution in [2.45, 2.75) is 45.3 Å². The molecule has 0 aliphatic carbocycles. The summed E-state index contributed by atoms with van der Waals surface area (Å²) in [4.78, 5) is 14.7. The number of likely N-dealkylation sites (N-methyl/N-ethyl adjacent to an activating group) is 1. The molecule has 0 atom stereocenters. The molecule has 0 radical (unpaired) electrons. The molecular weight excluding hydrogens is 477 g/mol. The zero-order valence-corrected chi connectivity index (χ0v) is 21.0. The second-order valence-corrected chi connectivity index (χ2v) is 14.8. The van der Waals surface area contributed by atoms with Gasteiger partial charge in [0.2, 0.25) is 8.32 Å². The van der Waals surface area contributed by atoms with Crippen LogP contribution in [0.1, 0.15) is 36.7 Å². The summed E-state index contributed by atoms with van der Waals surface area (Å²) in [7, 11) is 0.145. The van der Waals surface area contributed by atoms with Crippen LogP contribution in [-0.4, -0.2) is 39.1 Å². The second-order valence-electron chi connectivity index (χ2n) is 8.89. The zero-order valence-electron chi connectivity index (χ0n) is 17.9. The number of hydrogen-bond acceptors (Lipinski definition) is 3. The van der Waals surface area contributed by atoms with Crippen LogP contribution in [-0.2, 0) is 6.42 Å². The van der Waals surface area contributed by atoms with Gasteiger partial charge in [-0.15, -0.1) is 0 Å². The largest absolute Gasteiger partial charge is 0.544 e. The lowest BCUT2D eigenvalue weighted by Gasteiger charge is -2.36. The van der Waals surface area contributed by atoms with Gasteiger partial charge in [0.15, 0.2) is 5.78 Å². The zero-order chi connectivity index (χ0) is 20.9. The third-order valence-corrected chi connectivity index (χ3v) is 10.9. The summed E-state index contributed by atoms with van der Waals surface area (Å²) >= 11 is 2.36. The fraction of sp³-hybridized carbons (Fsp3) is 0.435. The molecule has 0 fully saturated rings. The van der Waals surface area contributed by atoms with Gasteiger partial charge < -0.3 is 4.43 Å². The van der Waals surface area contributed by atoms with Crippen molar-refractivity contribution in [1.82, 2.24) is 4.90 Å². The predicted molar refractivity (Wildman–Crippen MR) is 129 cm³/mol. The first-order valence-corrected chi connectivity index (χ1v) is 13.7. The maximum Gasteiger partial charge on any atom is 0.250 e. The number of hydrogen-bond donors (Lipinski definition) is 0. The van der Waals surface area contributed by atoms with E-state index in [0.717, 1.165) is 24.3 Å². The molecule has 0 aliphatic rings. The van der Waals surface area contributed by atoms with Crippen molar-refractivity contribution < 1.29 is 9.22 Å². The van der Waals surface area contributed by atoms with Crippen LogP contribution in [0.3, 0.4) is 0 Å². The lowest BCUT2D eigenvalue weighted by atomic mass is 10.1. The summed E-state index contributed by atoms with van der Waals surface area (Å²) < 4.78 is 7.57. The van der Waals surface area contributed by atoms with Crippen LogP contribution in [0.25, 0.3) is 0 Å². The minimum atomic E-state index is -1.86.